The van der Waals surface area contributed by atoms with Crippen LogP contribution in [0.4, 0.5) is 0 Å². The fourth-order valence-corrected chi connectivity index (χ4v) is 3.49. The van der Waals surface area contributed by atoms with Gasteiger partial charge in [0, 0.05) is 37.6 Å². The van der Waals surface area contributed by atoms with Crippen LogP contribution in [-0.4, -0.2) is 52.6 Å². The Morgan fingerprint density at radius 2 is 1.93 bits per heavy atom. The van der Waals surface area contributed by atoms with Gasteiger partial charge in [0.1, 0.15) is 5.75 Å². The zero-order chi connectivity index (χ0) is 18.8. The normalized spacial score (nSPS) is 15.5. The minimum absolute atomic E-state index is 0.173. The summed E-state index contributed by atoms with van der Waals surface area (Å²) in [5.74, 6) is 0.966. The number of aryl methyl sites for hydroxylation is 1. The highest BCUT2D eigenvalue weighted by atomic mass is 16.5. The molecule has 140 valence electrons. The second-order valence-electron chi connectivity index (χ2n) is 7.10. The SMILES string of the molecule is COc1ccc2c(CN3CCN(Cc4ccc(C)cc4)C(=O)C3)[nH]nc2c1. The lowest BCUT2D eigenvalue weighted by atomic mass is 10.1. The molecule has 0 atom stereocenters. The van der Waals surface area contributed by atoms with Gasteiger partial charge in [0.2, 0.25) is 5.91 Å². The van der Waals surface area contributed by atoms with Gasteiger partial charge in [0.05, 0.1) is 24.9 Å². The Morgan fingerprint density at radius 3 is 2.67 bits per heavy atom. The van der Waals surface area contributed by atoms with Gasteiger partial charge in [0.15, 0.2) is 0 Å². The summed E-state index contributed by atoms with van der Waals surface area (Å²) in [7, 11) is 1.65. The standard InChI is InChI=1S/C21H24N4O2/c1-15-3-5-16(6-4-15)12-25-10-9-24(14-21(25)26)13-20-18-8-7-17(27-2)11-19(18)22-23-20/h3-8,11H,9-10,12-14H2,1-2H3,(H,22,23). The summed E-state index contributed by atoms with van der Waals surface area (Å²) in [6.45, 7) is 5.47. The van der Waals surface area contributed by atoms with Gasteiger partial charge in [0.25, 0.3) is 0 Å². The molecule has 1 aromatic heterocycles. The molecule has 1 aliphatic heterocycles. The molecule has 4 rings (SSSR count). The van der Waals surface area contributed by atoms with Crippen molar-refractivity contribution in [2.24, 2.45) is 0 Å². The number of methoxy groups -OCH3 is 1. The Hall–Kier alpha value is -2.86. The quantitative estimate of drug-likeness (QED) is 0.756. The maximum Gasteiger partial charge on any atom is 0.237 e. The molecule has 1 fully saturated rings. The molecule has 0 aliphatic carbocycles. The predicted molar refractivity (Wildman–Crippen MR) is 105 cm³/mol. The number of aromatic nitrogens is 2. The molecule has 0 radical (unpaired) electrons. The molecule has 27 heavy (non-hydrogen) atoms. The Labute approximate surface area is 158 Å². The number of aromatic amines is 1. The highest BCUT2D eigenvalue weighted by Gasteiger charge is 2.24. The summed E-state index contributed by atoms with van der Waals surface area (Å²) < 4.78 is 5.25. The van der Waals surface area contributed by atoms with Crippen molar-refractivity contribution in [3.05, 3.63) is 59.3 Å². The molecule has 3 aromatic rings. The lowest BCUT2D eigenvalue weighted by Gasteiger charge is -2.34. The molecule has 1 amide bonds. The highest BCUT2D eigenvalue weighted by molar-refractivity contribution is 5.83. The van der Waals surface area contributed by atoms with Crippen molar-refractivity contribution in [3.8, 4) is 5.75 Å². The van der Waals surface area contributed by atoms with E-state index in [4.69, 9.17) is 4.74 Å². The van der Waals surface area contributed by atoms with Gasteiger partial charge in [-0.1, -0.05) is 29.8 Å². The number of benzene rings is 2. The second kappa shape index (κ2) is 7.40. The predicted octanol–water partition coefficient (Wildman–Crippen LogP) is 2.72. The Kier molecular flexibility index (Phi) is 4.81. The van der Waals surface area contributed by atoms with Gasteiger partial charge in [-0.25, -0.2) is 0 Å². The van der Waals surface area contributed by atoms with Gasteiger partial charge in [-0.3, -0.25) is 14.8 Å². The third-order valence-corrected chi connectivity index (χ3v) is 5.11. The van der Waals surface area contributed by atoms with E-state index >= 15 is 0 Å². The van der Waals surface area contributed by atoms with Crippen LogP contribution >= 0.6 is 0 Å². The number of hydrogen-bond acceptors (Lipinski definition) is 4. The van der Waals surface area contributed by atoms with E-state index in [1.165, 1.54) is 11.1 Å². The first kappa shape index (κ1) is 17.5. The average Bonchev–Trinajstić information content (AvgIpc) is 3.07. The maximum atomic E-state index is 12.6. The molecule has 2 heterocycles. The summed E-state index contributed by atoms with van der Waals surface area (Å²) in [5, 5.41) is 8.55. The fourth-order valence-electron chi connectivity index (χ4n) is 3.49. The van der Waals surface area contributed by atoms with Crippen LogP contribution in [0.1, 0.15) is 16.8 Å². The zero-order valence-corrected chi connectivity index (χ0v) is 15.7. The molecule has 0 saturated carbocycles. The smallest absolute Gasteiger partial charge is 0.237 e. The van der Waals surface area contributed by atoms with Crippen LogP contribution in [0, 0.1) is 6.92 Å². The van der Waals surface area contributed by atoms with E-state index in [0.29, 0.717) is 19.6 Å². The Balaban J connectivity index is 1.40. The lowest BCUT2D eigenvalue weighted by molar-refractivity contribution is -0.136. The van der Waals surface area contributed by atoms with E-state index in [0.717, 1.165) is 35.4 Å². The van der Waals surface area contributed by atoms with Crippen molar-refractivity contribution in [3.63, 3.8) is 0 Å². The number of nitrogens with zero attached hydrogens (tertiary/aromatic N) is 3. The molecular weight excluding hydrogens is 340 g/mol. The van der Waals surface area contributed by atoms with Crippen molar-refractivity contribution in [1.29, 1.82) is 0 Å². The molecule has 2 aromatic carbocycles. The van der Waals surface area contributed by atoms with Gasteiger partial charge in [-0.15, -0.1) is 0 Å². The number of piperazine rings is 1. The lowest BCUT2D eigenvalue weighted by Crippen LogP contribution is -2.49. The van der Waals surface area contributed by atoms with Gasteiger partial charge < -0.3 is 9.64 Å². The second-order valence-corrected chi connectivity index (χ2v) is 7.10. The molecule has 1 saturated heterocycles. The topological polar surface area (TPSA) is 61.5 Å². The van der Waals surface area contributed by atoms with Crippen LogP contribution in [0.5, 0.6) is 5.75 Å². The number of nitrogens with one attached hydrogen (secondary N) is 1. The van der Waals surface area contributed by atoms with E-state index in [1.807, 2.05) is 23.1 Å². The molecule has 0 spiro atoms. The monoisotopic (exact) mass is 364 g/mol. The largest absolute Gasteiger partial charge is 0.497 e. The summed E-state index contributed by atoms with van der Waals surface area (Å²) >= 11 is 0. The van der Waals surface area contributed by atoms with Gasteiger partial charge >= 0.3 is 0 Å². The number of hydrogen-bond donors (Lipinski definition) is 1. The molecule has 1 aliphatic rings. The Morgan fingerprint density at radius 1 is 1.11 bits per heavy atom. The van der Waals surface area contributed by atoms with E-state index < -0.39 is 0 Å². The molecule has 0 bridgehead atoms. The van der Waals surface area contributed by atoms with E-state index in [1.54, 1.807) is 7.11 Å². The van der Waals surface area contributed by atoms with Gasteiger partial charge in [-0.2, -0.15) is 5.10 Å². The fraction of sp³-hybridized carbons (Fsp3) is 0.333. The van der Waals surface area contributed by atoms with Crippen LogP contribution in [0.2, 0.25) is 0 Å². The van der Waals surface area contributed by atoms with Crippen molar-refractivity contribution in [2.45, 2.75) is 20.0 Å². The number of fused-ring (bicyclic) bond motifs is 1. The number of carbonyl (C=O) groups excluding carboxylic acids is 1. The molecular formula is C21H24N4O2. The number of H-pyrrole nitrogens is 1. The van der Waals surface area contributed by atoms with E-state index in [-0.39, 0.29) is 5.91 Å². The summed E-state index contributed by atoms with van der Waals surface area (Å²) in [5.41, 5.74) is 4.33. The van der Waals surface area contributed by atoms with Crippen molar-refractivity contribution < 1.29 is 9.53 Å². The molecule has 0 unspecified atom stereocenters. The van der Waals surface area contributed by atoms with Crippen LogP contribution in [0.3, 0.4) is 0 Å². The molecule has 6 nitrogen and oxygen atoms in total. The van der Waals surface area contributed by atoms with Crippen LogP contribution in [0.15, 0.2) is 42.5 Å². The number of ether oxygens (including phenoxy) is 1. The minimum atomic E-state index is 0.173. The van der Waals surface area contributed by atoms with Gasteiger partial charge in [-0.05, 0) is 24.6 Å². The average molecular weight is 364 g/mol. The number of carbonyl (C=O) groups is 1. The minimum Gasteiger partial charge on any atom is -0.497 e. The first-order valence-electron chi connectivity index (χ1n) is 9.19. The first-order chi connectivity index (χ1) is 13.1. The highest BCUT2D eigenvalue weighted by Crippen LogP contribution is 2.23. The van der Waals surface area contributed by atoms with Crippen LogP contribution in [0.25, 0.3) is 10.9 Å². The van der Waals surface area contributed by atoms with Crippen LogP contribution < -0.4 is 4.74 Å². The maximum absolute atomic E-state index is 12.6. The number of amides is 1. The Bertz CT molecular complexity index is 948. The summed E-state index contributed by atoms with van der Waals surface area (Å²) in [6.07, 6.45) is 0. The van der Waals surface area contributed by atoms with Crippen LogP contribution in [-0.2, 0) is 17.9 Å². The summed E-state index contributed by atoms with van der Waals surface area (Å²) in [4.78, 5) is 16.7. The number of rotatable bonds is 5. The zero-order valence-electron chi connectivity index (χ0n) is 15.7. The summed E-state index contributed by atoms with van der Waals surface area (Å²) in [6, 6.07) is 14.2. The van der Waals surface area contributed by atoms with Crippen molar-refractivity contribution >= 4 is 16.8 Å². The van der Waals surface area contributed by atoms with Crippen molar-refractivity contribution in [2.75, 3.05) is 26.7 Å². The first-order valence-corrected chi connectivity index (χ1v) is 9.19. The third kappa shape index (κ3) is 3.80. The van der Waals surface area contributed by atoms with E-state index in [9.17, 15) is 4.79 Å². The third-order valence-electron chi connectivity index (χ3n) is 5.11. The van der Waals surface area contributed by atoms with Crippen molar-refractivity contribution in [1.82, 2.24) is 20.0 Å². The molecule has 1 N–H and O–H groups in total. The molecule has 6 heteroatoms. The van der Waals surface area contributed by atoms with E-state index in [2.05, 4.69) is 46.3 Å².